The van der Waals surface area contributed by atoms with Crippen LogP contribution in [-0.4, -0.2) is 38.1 Å². The number of amides is 2. The van der Waals surface area contributed by atoms with E-state index in [0.29, 0.717) is 25.3 Å². The van der Waals surface area contributed by atoms with E-state index in [1.807, 2.05) is 12.1 Å². The summed E-state index contributed by atoms with van der Waals surface area (Å²) >= 11 is 0. The monoisotopic (exact) mass is 279 g/mol. The van der Waals surface area contributed by atoms with Crippen LogP contribution in [0.15, 0.2) is 24.3 Å². The van der Waals surface area contributed by atoms with Gasteiger partial charge < -0.3 is 21.1 Å². The highest BCUT2D eigenvalue weighted by molar-refractivity contribution is 5.92. The molecule has 0 fully saturated rings. The van der Waals surface area contributed by atoms with Crippen molar-refractivity contribution in [1.82, 2.24) is 10.6 Å². The van der Waals surface area contributed by atoms with Crippen LogP contribution in [0, 0.1) is 0 Å². The molecule has 0 radical (unpaired) electrons. The molecule has 6 heteroatoms. The van der Waals surface area contributed by atoms with Gasteiger partial charge in [-0.25, -0.2) is 0 Å². The van der Waals surface area contributed by atoms with Crippen molar-refractivity contribution in [3.8, 4) is 0 Å². The van der Waals surface area contributed by atoms with E-state index in [1.165, 1.54) is 0 Å². The number of carbonyl (C=O) groups excluding carboxylic acids is 2. The van der Waals surface area contributed by atoms with E-state index < -0.39 is 5.91 Å². The fourth-order valence-corrected chi connectivity index (χ4v) is 1.58. The summed E-state index contributed by atoms with van der Waals surface area (Å²) in [5.41, 5.74) is 6.62. The first-order valence-electron chi connectivity index (χ1n) is 6.43. The summed E-state index contributed by atoms with van der Waals surface area (Å²) in [6, 6.07) is 6.65. The minimum Gasteiger partial charge on any atom is -0.383 e. The minimum atomic E-state index is -0.449. The molecule has 0 spiro atoms. The maximum Gasteiger partial charge on any atom is 0.248 e. The topological polar surface area (TPSA) is 93.4 Å². The first kappa shape index (κ1) is 16.1. The molecule has 1 aromatic carbocycles. The van der Waals surface area contributed by atoms with E-state index >= 15 is 0 Å². The number of carbonyl (C=O) groups is 2. The highest BCUT2D eigenvalue weighted by Gasteiger charge is 2.11. The molecule has 1 atom stereocenters. The molecule has 4 N–H and O–H groups in total. The number of primary amides is 1. The average molecular weight is 279 g/mol. The summed E-state index contributed by atoms with van der Waals surface area (Å²) < 4.78 is 4.86. The molecule has 0 aliphatic rings. The zero-order valence-electron chi connectivity index (χ0n) is 11.8. The number of ether oxygens (including phenoxy) is 1. The fourth-order valence-electron chi connectivity index (χ4n) is 1.58. The van der Waals surface area contributed by atoms with E-state index in [-0.39, 0.29) is 11.9 Å². The highest BCUT2D eigenvalue weighted by atomic mass is 16.5. The van der Waals surface area contributed by atoms with Gasteiger partial charge in [0.05, 0.1) is 12.6 Å². The minimum absolute atomic E-state index is 0.0733. The van der Waals surface area contributed by atoms with Gasteiger partial charge in [0.25, 0.3) is 0 Å². The van der Waals surface area contributed by atoms with Gasteiger partial charge in [-0.05, 0) is 24.6 Å². The second-order valence-corrected chi connectivity index (χ2v) is 4.45. The van der Waals surface area contributed by atoms with Crippen molar-refractivity contribution >= 4 is 11.8 Å². The Bertz CT molecular complexity index is 445. The van der Waals surface area contributed by atoms with Gasteiger partial charge >= 0.3 is 0 Å². The maximum absolute atomic E-state index is 11.7. The molecular weight excluding hydrogens is 258 g/mol. The van der Waals surface area contributed by atoms with Crippen LogP contribution in [0.5, 0.6) is 0 Å². The fraction of sp³-hybridized carbons (Fsp3) is 0.429. The second-order valence-electron chi connectivity index (χ2n) is 4.45. The molecule has 0 saturated carbocycles. The number of hydrogen-bond acceptors (Lipinski definition) is 4. The van der Waals surface area contributed by atoms with Crippen LogP contribution in [0.2, 0.25) is 0 Å². The predicted octanol–water partition coefficient (Wildman–Crippen LogP) is 0.0262. The molecular formula is C14H21N3O3. The van der Waals surface area contributed by atoms with Crippen molar-refractivity contribution in [2.24, 2.45) is 5.73 Å². The van der Waals surface area contributed by atoms with E-state index in [9.17, 15) is 9.59 Å². The number of methoxy groups -OCH3 is 1. The first-order chi connectivity index (χ1) is 9.54. The molecule has 20 heavy (non-hydrogen) atoms. The van der Waals surface area contributed by atoms with E-state index in [0.717, 1.165) is 5.56 Å². The number of hydrogen-bond donors (Lipinski definition) is 3. The SMILES string of the molecule is COCCNC(=O)C(C)NCc1ccc(C(N)=O)cc1. The Morgan fingerprint density at radius 3 is 2.50 bits per heavy atom. The molecule has 0 bridgehead atoms. The lowest BCUT2D eigenvalue weighted by Crippen LogP contribution is -2.42. The third-order valence-electron chi connectivity index (χ3n) is 2.85. The van der Waals surface area contributed by atoms with Crippen molar-refractivity contribution in [3.63, 3.8) is 0 Å². The number of nitrogens with two attached hydrogens (primary N) is 1. The maximum atomic E-state index is 11.7. The number of nitrogens with one attached hydrogen (secondary N) is 2. The van der Waals surface area contributed by atoms with Gasteiger partial charge in [-0.3, -0.25) is 9.59 Å². The molecule has 1 aromatic rings. The zero-order chi connectivity index (χ0) is 15.0. The summed E-state index contributed by atoms with van der Waals surface area (Å²) in [5.74, 6) is -0.522. The van der Waals surface area contributed by atoms with Gasteiger partial charge in [0, 0.05) is 25.8 Å². The van der Waals surface area contributed by atoms with Gasteiger partial charge in [0.1, 0.15) is 0 Å². The smallest absolute Gasteiger partial charge is 0.248 e. The van der Waals surface area contributed by atoms with Gasteiger partial charge in [-0.15, -0.1) is 0 Å². The third-order valence-corrected chi connectivity index (χ3v) is 2.85. The number of rotatable bonds is 8. The molecule has 110 valence electrons. The summed E-state index contributed by atoms with van der Waals surface area (Å²) in [7, 11) is 1.59. The first-order valence-corrected chi connectivity index (χ1v) is 6.43. The van der Waals surface area contributed by atoms with Crippen molar-refractivity contribution in [1.29, 1.82) is 0 Å². The van der Waals surface area contributed by atoms with E-state index in [2.05, 4.69) is 10.6 Å². The van der Waals surface area contributed by atoms with Gasteiger partial charge in [-0.2, -0.15) is 0 Å². The molecule has 0 saturated heterocycles. The Morgan fingerprint density at radius 1 is 1.30 bits per heavy atom. The standard InChI is InChI=1S/C14H21N3O3/c1-10(14(19)16-7-8-20-2)17-9-11-3-5-12(6-4-11)13(15)18/h3-6,10,17H,7-9H2,1-2H3,(H2,15,18)(H,16,19). The van der Waals surface area contributed by atoms with Gasteiger partial charge in [0.2, 0.25) is 11.8 Å². The lowest BCUT2D eigenvalue weighted by Gasteiger charge is -2.14. The van der Waals surface area contributed by atoms with Crippen molar-refractivity contribution in [3.05, 3.63) is 35.4 Å². The van der Waals surface area contributed by atoms with Crippen LogP contribution in [0.1, 0.15) is 22.8 Å². The Hall–Kier alpha value is -1.92. The Morgan fingerprint density at radius 2 is 1.95 bits per heavy atom. The van der Waals surface area contributed by atoms with Crippen LogP contribution in [0.4, 0.5) is 0 Å². The molecule has 0 aliphatic heterocycles. The van der Waals surface area contributed by atoms with Gasteiger partial charge in [0.15, 0.2) is 0 Å². The van der Waals surface area contributed by atoms with Crippen molar-refractivity contribution < 1.29 is 14.3 Å². The van der Waals surface area contributed by atoms with Crippen molar-refractivity contribution in [2.45, 2.75) is 19.5 Å². The largest absolute Gasteiger partial charge is 0.383 e. The van der Waals surface area contributed by atoms with Crippen LogP contribution < -0.4 is 16.4 Å². The third kappa shape index (κ3) is 5.38. The molecule has 2 amide bonds. The second kappa shape index (κ2) is 8.29. The van der Waals surface area contributed by atoms with Gasteiger partial charge in [-0.1, -0.05) is 12.1 Å². The lowest BCUT2D eigenvalue weighted by molar-refractivity contribution is -0.122. The molecule has 1 unspecified atom stereocenters. The Labute approximate surface area is 118 Å². The Balaban J connectivity index is 2.38. The summed E-state index contributed by atoms with van der Waals surface area (Å²) in [6.07, 6.45) is 0. The molecule has 0 aromatic heterocycles. The van der Waals surface area contributed by atoms with E-state index in [4.69, 9.17) is 10.5 Å². The quantitative estimate of drug-likeness (QED) is 0.585. The lowest BCUT2D eigenvalue weighted by atomic mass is 10.1. The molecule has 1 rings (SSSR count). The van der Waals surface area contributed by atoms with Crippen LogP contribution in [0.3, 0.4) is 0 Å². The molecule has 0 heterocycles. The highest BCUT2D eigenvalue weighted by Crippen LogP contribution is 2.03. The summed E-state index contributed by atoms with van der Waals surface area (Å²) in [4.78, 5) is 22.6. The zero-order valence-corrected chi connectivity index (χ0v) is 11.8. The van der Waals surface area contributed by atoms with Crippen LogP contribution in [-0.2, 0) is 16.1 Å². The summed E-state index contributed by atoms with van der Waals surface area (Å²) in [5, 5.41) is 5.86. The Kier molecular flexibility index (Phi) is 6.69. The van der Waals surface area contributed by atoms with Crippen LogP contribution >= 0.6 is 0 Å². The molecule has 0 aliphatic carbocycles. The predicted molar refractivity (Wildman–Crippen MR) is 76.1 cm³/mol. The normalized spacial score (nSPS) is 11.9. The van der Waals surface area contributed by atoms with E-state index in [1.54, 1.807) is 26.2 Å². The van der Waals surface area contributed by atoms with Crippen molar-refractivity contribution in [2.75, 3.05) is 20.3 Å². The molecule has 6 nitrogen and oxygen atoms in total. The number of benzene rings is 1. The average Bonchev–Trinajstić information content (AvgIpc) is 2.45. The van der Waals surface area contributed by atoms with Crippen LogP contribution in [0.25, 0.3) is 0 Å². The summed E-state index contributed by atoms with van der Waals surface area (Å²) in [6.45, 7) is 3.32.